The molecule has 3 rings (SSSR count). The van der Waals surface area contributed by atoms with Gasteiger partial charge >= 0.3 is 0 Å². The van der Waals surface area contributed by atoms with Crippen molar-refractivity contribution >= 4 is 11.5 Å². The number of para-hydroxylation sites is 1. The Bertz CT molecular complexity index is 472. The summed E-state index contributed by atoms with van der Waals surface area (Å²) < 4.78 is 9.42. The highest BCUT2D eigenvalue weighted by Crippen LogP contribution is 2.31. The Morgan fingerprint density at radius 1 is 1.44 bits per heavy atom. The molecule has 1 unspecified atom stereocenters. The summed E-state index contributed by atoms with van der Waals surface area (Å²) in [7, 11) is 0. The number of nitrogens with zero attached hydrogens (tertiary/aromatic N) is 2. The lowest BCUT2D eigenvalue weighted by atomic mass is 10.1. The highest BCUT2D eigenvalue weighted by atomic mass is 32.1. The molecule has 16 heavy (non-hydrogen) atoms. The van der Waals surface area contributed by atoms with Crippen LogP contribution in [-0.4, -0.2) is 16.2 Å². The Balaban J connectivity index is 1.69. The summed E-state index contributed by atoms with van der Waals surface area (Å²) in [5, 5.41) is 9.37. The zero-order chi connectivity index (χ0) is 10.8. The second kappa shape index (κ2) is 4.19. The van der Waals surface area contributed by atoms with Gasteiger partial charge in [0.1, 0.15) is 12.4 Å². The van der Waals surface area contributed by atoms with E-state index in [4.69, 9.17) is 4.74 Å². The summed E-state index contributed by atoms with van der Waals surface area (Å²) in [4.78, 5) is 0. The zero-order valence-corrected chi connectivity index (χ0v) is 9.41. The fourth-order valence-corrected chi connectivity index (χ4v) is 2.27. The summed E-state index contributed by atoms with van der Waals surface area (Å²) in [6.07, 6.45) is 0. The van der Waals surface area contributed by atoms with Gasteiger partial charge in [0, 0.05) is 17.5 Å². The van der Waals surface area contributed by atoms with Crippen LogP contribution in [0.5, 0.6) is 5.75 Å². The Morgan fingerprint density at radius 2 is 2.38 bits per heavy atom. The van der Waals surface area contributed by atoms with Crippen LogP contribution in [0.2, 0.25) is 0 Å². The van der Waals surface area contributed by atoms with Crippen LogP contribution >= 0.6 is 11.5 Å². The van der Waals surface area contributed by atoms with E-state index in [-0.39, 0.29) is 6.04 Å². The molecule has 82 valence electrons. The third kappa shape index (κ3) is 1.79. The fourth-order valence-electron chi connectivity index (χ4n) is 1.82. The predicted molar refractivity (Wildman–Crippen MR) is 61.4 cm³/mol. The van der Waals surface area contributed by atoms with E-state index in [2.05, 4.69) is 21.0 Å². The van der Waals surface area contributed by atoms with E-state index in [1.165, 1.54) is 17.1 Å². The minimum absolute atomic E-state index is 0.262. The van der Waals surface area contributed by atoms with E-state index < -0.39 is 0 Å². The molecule has 1 N–H and O–H groups in total. The molecule has 1 aliphatic heterocycles. The van der Waals surface area contributed by atoms with Gasteiger partial charge in [-0.2, -0.15) is 0 Å². The molecular weight excluding hydrogens is 222 g/mol. The van der Waals surface area contributed by atoms with Crippen LogP contribution in [0.1, 0.15) is 17.3 Å². The van der Waals surface area contributed by atoms with Crippen molar-refractivity contribution in [1.29, 1.82) is 0 Å². The van der Waals surface area contributed by atoms with Gasteiger partial charge in [0.25, 0.3) is 0 Å². The van der Waals surface area contributed by atoms with Crippen molar-refractivity contribution in [1.82, 2.24) is 14.9 Å². The van der Waals surface area contributed by atoms with Gasteiger partial charge in [0.05, 0.1) is 11.7 Å². The lowest BCUT2D eigenvalue weighted by molar-refractivity contribution is 0.310. The number of hydrogen-bond donors (Lipinski definition) is 1. The zero-order valence-electron chi connectivity index (χ0n) is 8.59. The molecule has 1 atom stereocenters. The molecule has 0 saturated heterocycles. The first-order valence-corrected chi connectivity index (χ1v) is 5.98. The summed E-state index contributed by atoms with van der Waals surface area (Å²) in [6.45, 7) is 1.43. The van der Waals surface area contributed by atoms with Crippen LogP contribution < -0.4 is 10.1 Å². The maximum Gasteiger partial charge on any atom is 0.124 e. The smallest absolute Gasteiger partial charge is 0.124 e. The van der Waals surface area contributed by atoms with Gasteiger partial charge in [-0.3, -0.25) is 0 Å². The van der Waals surface area contributed by atoms with Crippen molar-refractivity contribution in [2.75, 3.05) is 6.61 Å². The molecule has 2 heterocycles. The van der Waals surface area contributed by atoms with E-state index in [0.29, 0.717) is 6.61 Å². The van der Waals surface area contributed by atoms with E-state index in [1.807, 2.05) is 23.6 Å². The molecule has 0 spiro atoms. The minimum atomic E-state index is 0.262. The molecule has 4 nitrogen and oxygen atoms in total. The van der Waals surface area contributed by atoms with Crippen molar-refractivity contribution in [2.24, 2.45) is 0 Å². The fraction of sp³-hybridized carbons (Fsp3) is 0.273. The largest absolute Gasteiger partial charge is 0.491 e. The van der Waals surface area contributed by atoms with E-state index in [9.17, 15) is 0 Å². The third-order valence-corrected chi connectivity index (χ3v) is 3.19. The summed E-state index contributed by atoms with van der Waals surface area (Å²) in [5.41, 5.74) is 2.21. The highest BCUT2D eigenvalue weighted by molar-refractivity contribution is 7.03. The normalized spacial score (nSPS) is 18.1. The molecule has 1 aromatic carbocycles. The summed E-state index contributed by atoms with van der Waals surface area (Å²) >= 11 is 1.38. The second-order valence-electron chi connectivity index (χ2n) is 3.68. The Labute approximate surface area is 97.4 Å². The second-order valence-corrected chi connectivity index (χ2v) is 4.29. The quantitative estimate of drug-likeness (QED) is 0.877. The molecule has 0 radical (unpaired) electrons. The number of benzene rings is 1. The van der Waals surface area contributed by atoms with Crippen molar-refractivity contribution in [3.05, 3.63) is 40.9 Å². The molecule has 1 aliphatic rings. The van der Waals surface area contributed by atoms with Crippen molar-refractivity contribution in [3.63, 3.8) is 0 Å². The van der Waals surface area contributed by atoms with Crippen molar-refractivity contribution in [3.8, 4) is 5.75 Å². The number of hydrogen-bond acceptors (Lipinski definition) is 5. The Morgan fingerprint density at radius 3 is 3.25 bits per heavy atom. The van der Waals surface area contributed by atoms with E-state index >= 15 is 0 Å². The highest BCUT2D eigenvalue weighted by Gasteiger charge is 2.22. The maximum absolute atomic E-state index is 5.59. The molecule has 0 aliphatic carbocycles. The first-order chi connectivity index (χ1) is 7.93. The standard InChI is InChI=1S/C11H11N3OS/c1-2-4-11-9(3-1)10(6-15-11)12-5-8-7-16-14-13-8/h1-4,7,10,12H,5-6H2. The Hall–Kier alpha value is -1.46. The molecule has 5 heteroatoms. The summed E-state index contributed by atoms with van der Waals surface area (Å²) in [5.74, 6) is 0.983. The lowest BCUT2D eigenvalue weighted by Gasteiger charge is -2.09. The average molecular weight is 233 g/mol. The molecule has 0 fully saturated rings. The van der Waals surface area contributed by atoms with Gasteiger partial charge in [-0.25, -0.2) is 0 Å². The predicted octanol–water partition coefficient (Wildman–Crippen LogP) is 1.76. The van der Waals surface area contributed by atoms with Crippen LogP contribution in [0.15, 0.2) is 29.6 Å². The Kier molecular flexibility index (Phi) is 2.55. The van der Waals surface area contributed by atoms with Gasteiger partial charge in [0.2, 0.25) is 0 Å². The van der Waals surface area contributed by atoms with E-state index in [1.54, 1.807) is 0 Å². The first kappa shape index (κ1) is 9.74. The number of ether oxygens (including phenoxy) is 1. The van der Waals surface area contributed by atoms with Crippen LogP contribution in [-0.2, 0) is 6.54 Å². The van der Waals surface area contributed by atoms with Crippen LogP contribution in [0.25, 0.3) is 0 Å². The van der Waals surface area contributed by atoms with Crippen molar-refractivity contribution < 1.29 is 4.74 Å². The SMILES string of the molecule is c1ccc2c(c1)OCC2NCc1csnn1. The number of nitrogens with one attached hydrogen (secondary N) is 1. The lowest BCUT2D eigenvalue weighted by Crippen LogP contribution is -2.22. The molecule has 0 bridgehead atoms. The first-order valence-electron chi connectivity index (χ1n) is 5.14. The number of fused-ring (bicyclic) bond motifs is 1. The van der Waals surface area contributed by atoms with Gasteiger partial charge in [-0.1, -0.05) is 22.7 Å². The van der Waals surface area contributed by atoms with Gasteiger partial charge < -0.3 is 10.1 Å². The number of rotatable bonds is 3. The van der Waals surface area contributed by atoms with Crippen LogP contribution in [0.4, 0.5) is 0 Å². The van der Waals surface area contributed by atoms with Crippen molar-refractivity contribution in [2.45, 2.75) is 12.6 Å². The molecule has 2 aromatic rings. The topological polar surface area (TPSA) is 47.0 Å². The summed E-state index contributed by atoms with van der Waals surface area (Å²) in [6, 6.07) is 8.39. The van der Waals surface area contributed by atoms with Gasteiger partial charge in [-0.15, -0.1) is 5.10 Å². The van der Waals surface area contributed by atoms with Crippen LogP contribution in [0.3, 0.4) is 0 Å². The minimum Gasteiger partial charge on any atom is -0.491 e. The molecule has 0 amide bonds. The van der Waals surface area contributed by atoms with E-state index in [0.717, 1.165) is 18.0 Å². The number of aromatic nitrogens is 2. The average Bonchev–Trinajstić information content (AvgIpc) is 2.96. The third-order valence-electron chi connectivity index (χ3n) is 2.63. The molecule has 0 saturated carbocycles. The maximum atomic E-state index is 5.59. The van der Waals surface area contributed by atoms with Gasteiger partial charge in [0.15, 0.2) is 0 Å². The molecular formula is C11H11N3OS. The van der Waals surface area contributed by atoms with Gasteiger partial charge in [-0.05, 0) is 17.6 Å². The molecule has 1 aromatic heterocycles. The monoisotopic (exact) mass is 233 g/mol. The van der Waals surface area contributed by atoms with Crippen LogP contribution in [0, 0.1) is 0 Å².